The van der Waals surface area contributed by atoms with Crippen molar-refractivity contribution in [3.63, 3.8) is 0 Å². The van der Waals surface area contributed by atoms with Crippen molar-refractivity contribution in [1.82, 2.24) is 4.90 Å². The highest BCUT2D eigenvalue weighted by molar-refractivity contribution is 5.35. The van der Waals surface area contributed by atoms with Crippen LogP contribution in [0.4, 0.5) is 0 Å². The van der Waals surface area contributed by atoms with E-state index in [-0.39, 0.29) is 0 Å². The summed E-state index contributed by atoms with van der Waals surface area (Å²) in [6.45, 7) is 1.94. The van der Waals surface area contributed by atoms with Crippen molar-refractivity contribution in [3.05, 3.63) is 35.4 Å². The summed E-state index contributed by atoms with van der Waals surface area (Å²) in [5.41, 5.74) is 9.12. The quantitative estimate of drug-likeness (QED) is 0.848. The Kier molecular flexibility index (Phi) is 3.90. The predicted octanol–water partition coefficient (Wildman–Crippen LogP) is 3.30. The molecule has 1 aromatic rings. The largest absolute Gasteiger partial charge is 0.329 e. The van der Waals surface area contributed by atoms with Crippen molar-refractivity contribution >= 4 is 0 Å². The van der Waals surface area contributed by atoms with E-state index in [0.717, 1.165) is 18.4 Å². The van der Waals surface area contributed by atoms with E-state index in [1.165, 1.54) is 44.2 Å². The van der Waals surface area contributed by atoms with Crippen LogP contribution in [-0.4, -0.2) is 25.0 Å². The monoisotopic (exact) mass is 258 g/mol. The average Bonchev–Trinajstić information content (AvgIpc) is 3.20. The van der Waals surface area contributed by atoms with Gasteiger partial charge in [-0.15, -0.1) is 0 Å². The van der Waals surface area contributed by atoms with Gasteiger partial charge in [0.15, 0.2) is 0 Å². The first-order chi connectivity index (χ1) is 9.29. The fraction of sp³-hybridized carbons (Fsp3) is 0.647. The first-order valence-electron chi connectivity index (χ1n) is 7.78. The topological polar surface area (TPSA) is 29.3 Å². The van der Waals surface area contributed by atoms with Gasteiger partial charge in [-0.3, -0.25) is 4.90 Å². The summed E-state index contributed by atoms with van der Waals surface area (Å²) in [5.74, 6) is 1.72. The maximum Gasteiger partial charge on any atom is 0.0470 e. The molecule has 2 aliphatic carbocycles. The lowest BCUT2D eigenvalue weighted by Gasteiger charge is -2.35. The number of hydrogen-bond acceptors (Lipinski definition) is 2. The third kappa shape index (κ3) is 2.85. The molecular formula is C17H26N2. The Morgan fingerprint density at radius 2 is 1.95 bits per heavy atom. The smallest absolute Gasteiger partial charge is 0.0470 e. The Bertz CT molecular complexity index is 421. The van der Waals surface area contributed by atoms with Crippen LogP contribution in [0.2, 0.25) is 0 Å². The third-order valence-electron chi connectivity index (χ3n) is 4.90. The molecule has 1 aromatic carbocycles. The SMILES string of the molecule is CN(CC1CCC1)C(CN)c1ccccc1C1CC1. The van der Waals surface area contributed by atoms with E-state index in [1.807, 2.05) is 0 Å². The fourth-order valence-corrected chi connectivity index (χ4v) is 3.33. The number of nitrogens with two attached hydrogens (primary N) is 1. The summed E-state index contributed by atoms with van der Waals surface area (Å²) in [7, 11) is 2.25. The van der Waals surface area contributed by atoms with Crippen molar-refractivity contribution in [1.29, 1.82) is 0 Å². The van der Waals surface area contributed by atoms with Gasteiger partial charge in [0.05, 0.1) is 0 Å². The molecule has 2 N–H and O–H groups in total. The minimum atomic E-state index is 0.400. The summed E-state index contributed by atoms with van der Waals surface area (Å²) in [6, 6.07) is 9.35. The summed E-state index contributed by atoms with van der Waals surface area (Å²) in [6.07, 6.45) is 6.96. The van der Waals surface area contributed by atoms with Crippen molar-refractivity contribution in [2.45, 2.75) is 44.1 Å². The second-order valence-electron chi connectivity index (χ2n) is 6.39. The van der Waals surface area contributed by atoms with E-state index in [2.05, 4.69) is 36.2 Å². The molecule has 0 amide bonds. The van der Waals surface area contributed by atoms with Gasteiger partial charge in [0.1, 0.15) is 0 Å². The summed E-state index contributed by atoms with van der Waals surface area (Å²) >= 11 is 0. The van der Waals surface area contributed by atoms with Gasteiger partial charge >= 0.3 is 0 Å². The van der Waals surface area contributed by atoms with E-state index in [0.29, 0.717) is 6.04 Å². The molecule has 0 aliphatic heterocycles. The highest BCUT2D eigenvalue weighted by Gasteiger charge is 2.30. The van der Waals surface area contributed by atoms with Crippen LogP contribution in [0.15, 0.2) is 24.3 Å². The van der Waals surface area contributed by atoms with Gasteiger partial charge in [0.2, 0.25) is 0 Å². The Balaban J connectivity index is 1.76. The van der Waals surface area contributed by atoms with Gasteiger partial charge in [-0.25, -0.2) is 0 Å². The molecular weight excluding hydrogens is 232 g/mol. The van der Waals surface area contributed by atoms with Crippen LogP contribution < -0.4 is 5.73 Å². The molecule has 0 heterocycles. The first kappa shape index (κ1) is 13.1. The van der Waals surface area contributed by atoms with Gasteiger partial charge in [-0.05, 0) is 55.7 Å². The normalized spacial score (nSPS) is 21.4. The molecule has 2 saturated carbocycles. The zero-order valence-corrected chi connectivity index (χ0v) is 12.0. The summed E-state index contributed by atoms with van der Waals surface area (Å²) in [4.78, 5) is 2.49. The minimum Gasteiger partial charge on any atom is -0.329 e. The molecule has 3 rings (SSSR count). The lowest BCUT2D eigenvalue weighted by Crippen LogP contribution is -2.36. The molecule has 2 heteroatoms. The summed E-state index contributed by atoms with van der Waals surface area (Å²) in [5, 5.41) is 0. The standard InChI is InChI=1S/C17H26N2/c1-19(12-13-5-4-6-13)17(11-18)16-8-3-2-7-15(16)14-9-10-14/h2-3,7-8,13-14,17H,4-6,9-12,18H2,1H3. The van der Waals surface area contributed by atoms with Gasteiger partial charge in [0.25, 0.3) is 0 Å². The molecule has 0 saturated heterocycles. The van der Waals surface area contributed by atoms with Gasteiger partial charge in [0, 0.05) is 19.1 Å². The van der Waals surface area contributed by atoms with Crippen molar-refractivity contribution in [2.75, 3.05) is 20.1 Å². The van der Waals surface area contributed by atoms with Crippen molar-refractivity contribution < 1.29 is 0 Å². The molecule has 0 radical (unpaired) electrons. The second kappa shape index (κ2) is 5.64. The van der Waals surface area contributed by atoms with E-state index >= 15 is 0 Å². The van der Waals surface area contributed by atoms with Crippen LogP contribution in [0, 0.1) is 5.92 Å². The number of likely N-dealkylation sites (N-methyl/N-ethyl adjacent to an activating group) is 1. The van der Waals surface area contributed by atoms with Crippen LogP contribution in [-0.2, 0) is 0 Å². The predicted molar refractivity (Wildman–Crippen MR) is 80.2 cm³/mol. The number of hydrogen-bond donors (Lipinski definition) is 1. The zero-order chi connectivity index (χ0) is 13.2. The highest BCUT2D eigenvalue weighted by atomic mass is 15.1. The molecule has 1 atom stereocenters. The average molecular weight is 258 g/mol. The van der Waals surface area contributed by atoms with Crippen molar-refractivity contribution in [2.24, 2.45) is 11.7 Å². The number of benzene rings is 1. The van der Waals surface area contributed by atoms with E-state index in [1.54, 1.807) is 5.56 Å². The van der Waals surface area contributed by atoms with Crippen molar-refractivity contribution in [3.8, 4) is 0 Å². The Hall–Kier alpha value is -0.860. The molecule has 0 bridgehead atoms. The first-order valence-corrected chi connectivity index (χ1v) is 7.78. The van der Waals surface area contributed by atoms with Gasteiger partial charge in [-0.2, -0.15) is 0 Å². The molecule has 0 spiro atoms. The fourth-order valence-electron chi connectivity index (χ4n) is 3.33. The van der Waals surface area contributed by atoms with Crippen LogP contribution >= 0.6 is 0 Å². The second-order valence-corrected chi connectivity index (χ2v) is 6.39. The zero-order valence-electron chi connectivity index (χ0n) is 12.0. The molecule has 1 unspecified atom stereocenters. The van der Waals surface area contributed by atoms with Crippen LogP contribution in [0.25, 0.3) is 0 Å². The highest BCUT2D eigenvalue weighted by Crippen LogP contribution is 2.43. The van der Waals surface area contributed by atoms with E-state index < -0.39 is 0 Å². The number of nitrogens with zero attached hydrogens (tertiary/aromatic N) is 1. The maximum absolute atomic E-state index is 6.09. The lowest BCUT2D eigenvalue weighted by molar-refractivity contribution is 0.164. The van der Waals surface area contributed by atoms with E-state index in [4.69, 9.17) is 5.73 Å². The molecule has 19 heavy (non-hydrogen) atoms. The molecule has 2 nitrogen and oxygen atoms in total. The maximum atomic E-state index is 6.09. The van der Waals surface area contributed by atoms with Gasteiger partial charge < -0.3 is 5.73 Å². The number of rotatable bonds is 6. The lowest BCUT2D eigenvalue weighted by atomic mass is 9.84. The van der Waals surface area contributed by atoms with Gasteiger partial charge in [-0.1, -0.05) is 30.7 Å². The molecule has 0 aromatic heterocycles. The summed E-state index contributed by atoms with van der Waals surface area (Å²) < 4.78 is 0. The van der Waals surface area contributed by atoms with Crippen LogP contribution in [0.1, 0.15) is 55.2 Å². The minimum absolute atomic E-state index is 0.400. The Labute approximate surface area is 117 Å². The third-order valence-corrected chi connectivity index (χ3v) is 4.90. The Morgan fingerprint density at radius 1 is 1.21 bits per heavy atom. The van der Waals surface area contributed by atoms with Crippen LogP contribution in [0.5, 0.6) is 0 Å². The van der Waals surface area contributed by atoms with E-state index in [9.17, 15) is 0 Å². The molecule has 104 valence electrons. The van der Waals surface area contributed by atoms with Crippen LogP contribution in [0.3, 0.4) is 0 Å². The molecule has 2 aliphatic rings. The molecule has 2 fully saturated rings. The Morgan fingerprint density at radius 3 is 2.53 bits per heavy atom.